The zero-order valence-electron chi connectivity index (χ0n) is 18.8. The lowest BCUT2D eigenvalue weighted by Gasteiger charge is -2.31. The van der Waals surface area contributed by atoms with E-state index in [1.54, 1.807) is 4.90 Å². The molecule has 1 fully saturated rings. The Hall–Kier alpha value is -2.33. The molecule has 31 heavy (non-hydrogen) atoms. The average Bonchev–Trinajstić information content (AvgIpc) is 3.21. The van der Waals surface area contributed by atoms with Gasteiger partial charge in [0.15, 0.2) is 0 Å². The normalized spacial score (nSPS) is 15.0. The van der Waals surface area contributed by atoms with Crippen LogP contribution in [0, 0.1) is 13.8 Å². The van der Waals surface area contributed by atoms with Crippen molar-refractivity contribution in [2.45, 2.75) is 77.9 Å². The second-order valence-corrected chi connectivity index (χ2v) is 9.17. The number of aryl methyl sites for hydroxylation is 2. The third-order valence-electron chi connectivity index (χ3n) is 5.99. The lowest BCUT2D eigenvalue weighted by Crippen LogP contribution is -2.51. The predicted octanol–water partition coefficient (Wildman–Crippen LogP) is 5.37. The fraction of sp³-hybridized carbons (Fsp3) is 0.462. The van der Waals surface area contributed by atoms with Crippen LogP contribution in [0.15, 0.2) is 42.5 Å². The first-order valence-corrected chi connectivity index (χ1v) is 11.6. The highest BCUT2D eigenvalue weighted by molar-refractivity contribution is 6.30. The molecule has 0 saturated heterocycles. The number of nitrogens with zero attached hydrogens (tertiary/aromatic N) is 1. The monoisotopic (exact) mass is 440 g/mol. The molecule has 1 saturated carbocycles. The molecule has 1 aliphatic carbocycles. The van der Waals surface area contributed by atoms with Crippen molar-refractivity contribution in [3.8, 4) is 0 Å². The Morgan fingerprint density at radius 3 is 2.23 bits per heavy atom. The summed E-state index contributed by atoms with van der Waals surface area (Å²) in [5.41, 5.74) is 4.22. The Labute approximate surface area is 191 Å². The summed E-state index contributed by atoms with van der Waals surface area (Å²) < 4.78 is 0. The van der Waals surface area contributed by atoms with Crippen LogP contribution in [0.1, 0.15) is 61.3 Å². The number of nitrogens with one attached hydrogen (secondary N) is 1. The van der Waals surface area contributed by atoms with Gasteiger partial charge < -0.3 is 10.2 Å². The quantitative estimate of drug-likeness (QED) is 0.600. The van der Waals surface area contributed by atoms with Crippen molar-refractivity contribution < 1.29 is 9.59 Å². The van der Waals surface area contributed by atoms with Gasteiger partial charge in [-0.2, -0.15) is 0 Å². The van der Waals surface area contributed by atoms with Crippen LogP contribution in [0.2, 0.25) is 5.02 Å². The highest BCUT2D eigenvalue weighted by Gasteiger charge is 2.30. The highest BCUT2D eigenvalue weighted by atomic mass is 35.5. The minimum atomic E-state index is -0.491. The topological polar surface area (TPSA) is 49.4 Å². The van der Waals surface area contributed by atoms with Gasteiger partial charge in [0, 0.05) is 17.6 Å². The lowest BCUT2D eigenvalue weighted by atomic mass is 10.0. The molecule has 5 heteroatoms. The summed E-state index contributed by atoms with van der Waals surface area (Å²) in [6, 6.07) is 13.4. The standard InChI is InChI=1S/C26H33ClN2O2/c1-4-24(26(31)28-23-7-5-6-8-23)29(17-20-9-11-22(27)12-10-20)25(30)16-21-14-18(2)13-19(3)15-21/h9-15,23-24H,4-8,16-17H2,1-3H3,(H,28,31)/t24-/m0/s1. The Morgan fingerprint density at radius 1 is 1.03 bits per heavy atom. The number of hydrogen-bond donors (Lipinski definition) is 1. The molecule has 1 atom stereocenters. The number of carbonyl (C=O) groups excluding carboxylic acids is 2. The van der Waals surface area contributed by atoms with E-state index in [0.717, 1.165) is 47.9 Å². The molecule has 3 rings (SSSR count). The number of amides is 2. The van der Waals surface area contributed by atoms with Crippen molar-refractivity contribution in [1.82, 2.24) is 10.2 Å². The third kappa shape index (κ3) is 6.57. The smallest absolute Gasteiger partial charge is 0.243 e. The summed E-state index contributed by atoms with van der Waals surface area (Å²) in [4.78, 5) is 28.4. The van der Waals surface area contributed by atoms with Gasteiger partial charge >= 0.3 is 0 Å². The minimum absolute atomic E-state index is 0.0339. The maximum Gasteiger partial charge on any atom is 0.243 e. The molecule has 0 aliphatic heterocycles. The average molecular weight is 441 g/mol. The summed E-state index contributed by atoms with van der Waals surface area (Å²) in [6.07, 6.45) is 5.21. The Balaban J connectivity index is 1.83. The van der Waals surface area contributed by atoms with E-state index in [9.17, 15) is 9.59 Å². The molecule has 2 amide bonds. The zero-order valence-corrected chi connectivity index (χ0v) is 19.5. The molecular weight excluding hydrogens is 408 g/mol. The lowest BCUT2D eigenvalue weighted by molar-refractivity contribution is -0.141. The molecular formula is C26H33ClN2O2. The molecule has 0 aromatic heterocycles. The molecule has 0 heterocycles. The number of halogens is 1. The maximum absolute atomic E-state index is 13.5. The maximum atomic E-state index is 13.5. The second kappa shape index (κ2) is 10.8. The van der Waals surface area contributed by atoms with Crippen LogP contribution in [0.3, 0.4) is 0 Å². The van der Waals surface area contributed by atoms with Crippen LogP contribution in [0.4, 0.5) is 0 Å². The largest absolute Gasteiger partial charge is 0.352 e. The number of hydrogen-bond acceptors (Lipinski definition) is 2. The first-order valence-electron chi connectivity index (χ1n) is 11.3. The van der Waals surface area contributed by atoms with Gasteiger partial charge in [-0.1, -0.05) is 72.8 Å². The summed E-state index contributed by atoms with van der Waals surface area (Å²) >= 11 is 6.04. The summed E-state index contributed by atoms with van der Waals surface area (Å²) in [5.74, 6) is -0.0782. The third-order valence-corrected chi connectivity index (χ3v) is 6.24. The van der Waals surface area contributed by atoms with Crippen molar-refractivity contribution in [3.63, 3.8) is 0 Å². The number of benzene rings is 2. The zero-order chi connectivity index (χ0) is 22.4. The van der Waals surface area contributed by atoms with Crippen LogP contribution in [-0.2, 0) is 22.6 Å². The van der Waals surface area contributed by atoms with Crippen LogP contribution < -0.4 is 5.32 Å². The molecule has 0 unspecified atom stereocenters. The van der Waals surface area contributed by atoms with E-state index in [0.29, 0.717) is 18.0 Å². The van der Waals surface area contributed by atoms with Crippen LogP contribution >= 0.6 is 11.6 Å². The van der Waals surface area contributed by atoms with Crippen molar-refractivity contribution >= 4 is 23.4 Å². The van der Waals surface area contributed by atoms with E-state index in [2.05, 4.69) is 11.4 Å². The fourth-order valence-corrected chi connectivity index (χ4v) is 4.65. The van der Waals surface area contributed by atoms with E-state index in [4.69, 9.17) is 11.6 Å². The van der Waals surface area contributed by atoms with Gasteiger partial charge in [0.1, 0.15) is 6.04 Å². The van der Waals surface area contributed by atoms with Gasteiger partial charge in [0.05, 0.1) is 6.42 Å². The van der Waals surface area contributed by atoms with E-state index in [-0.39, 0.29) is 24.3 Å². The Bertz CT molecular complexity index is 884. The predicted molar refractivity (Wildman–Crippen MR) is 126 cm³/mol. The molecule has 0 spiro atoms. The fourth-order valence-electron chi connectivity index (χ4n) is 4.52. The van der Waals surface area contributed by atoms with Gasteiger partial charge in [-0.05, 0) is 56.4 Å². The molecule has 0 radical (unpaired) electrons. The van der Waals surface area contributed by atoms with E-state index in [1.807, 2.05) is 57.2 Å². The Kier molecular flexibility index (Phi) is 8.14. The van der Waals surface area contributed by atoms with Crippen molar-refractivity contribution in [3.05, 3.63) is 69.7 Å². The molecule has 1 N–H and O–H groups in total. The van der Waals surface area contributed by atoms with E-state index < -0.39 is 6.04 Å². The molecule has 166 valence electrons. The number of rotatable bonds is 8. The second-order valence-electron chi connectivity index (χ2n) is 8.73. The van der Waals surface area contributed by atoms with E-state index in [1.165, 1.54) is 0 Å². The molecule has 2 aromatic carbocycles. The molecule has 2 aromatic rings. The minimum Gasteiger partial charge on any atom is -0.352 e. The van der Waals surface area contributed by atoms with E-state index >= 15 is 0 Å². The molecule has 4 nitrogen and oxygen atoms in total. The molecule has 0 bridgehead atoms. The van der Waals surface area contributed by atoms with Gasteiger partial charge in [-0.25, -0.2) is 0 Å². The van der Waals surface area contributed by atoms with Gasteiger partial charge in [-0.3, -0.25) is 9.59 Å². The Morgan fingerprint density at radius 2 is 1.65 bits per heavy atom. The SMILES string of the molecule is CC[C@@H](C(=O)NC1CCCC1)N(Cc1ccc(Cl)cc1)C(=O)Cc1cc(C)cc(C)c1. The first kappa shape index (κ1) is 23.3. The summed E-state index contributed by atoms with van der Waals surface area (Å²) in [7, 11) is 0. The summed E-state index contributed by atoms with van der Waals surface area (Å²) in [6.45, 7) is 6.43. The number of carbonyl (C=O) groups is 2. The van der Waals surface area contributed by atoms with Gasteiger partial charge in [0.25, 0.3) is 0 Å². The summed E-state index contributed by atoms with van der Waals surface area (Å²) in [5, 5.41) is 3.84. The molecule has 1 aliphatic rings. The van der Waals surface area contributed by atoms with Crippen LogP contribution in [0.5, 0.6) is 0 Å². The van der Waals surface area contributed by atoms with Gasteiger partial charge in [0.2, 0.25) is 11.8 Å². The van der Waals surface area contributed by atoms with Crippen molar-refractivity contribution in [2.24, 2.45) is 0 Å². The highest BCUT2D eigenvalue weighted by Crippen LogP contribution is 2.21. The van der Waals surface area contributed by atoms with Crippen LogP contribution in [-0.4, -0.2) is 28.8 Å². The van der Waals surface area contributed by atoms with Crippen molar-refractivity contribution in [1.29, 1.82) is 0 Å². The van der Waals surface area contributed by atoms with Crippen molar-refractivity contribution in [2.75, 3.05) is 0 Å². The first-order chi connectivity index (χ1) is 14.9. The van der Waals surface area contributed by atoms with Gasteiger partial charge in [-0.15, -0.1) is 0 Å². The van der Waals surface area contributed by atoms with Crippen LogP contribution in [0.25, 0.3) is 0 Å².